The lowest BCUT2D eigenvalue weighted by atomic mass is 10.1. The molecule has 0 aliphatic heterocycles. The molecule has 1 aliphatic carbocycles. The van der Waals surface area contributed by atoms with E-state index in [1.807, 2.05) is 42.5 Å². The first-order valence-corrected chi connectivity index (χ1v) is 10.1. The maximum absolute atomic E-state index is 12.5. The highest BCUT2D eigenvalue weighted by atomic mass is 16.4. The van der Waals surface area contributed by atoms with E-state index in [2.05, 4.69) is 15.5 Å². The minimum atomic E-state index is -0.0390. The molecular weight excluding hydrogens is 380 g/mol. The van der Waals surface area contributed by atoms with Crippen LogP contribution in [0.1, 0.15) is 41.1 Å². The van der Waals surface area contributed by atoms with E-state index in [0.29, 0.717) is 36.4 Å². The zero-order valence-electron chi connectivity index (χ0n) is 16.9. The van der Waals surface area contributed by atoms with Gasteiger partial charge in [-0.1, -0.05) is 30.3 Å². The number of aromatic nitrogens is 2. The molecule has 7 heteroatoms. The largest absolute Gasteiger partial charge is 0.421 e. The van der Waals surface area contributed by atoms with Crippen molar-refractivity contribution in [3.05, 3.63) is 71.6 Å². The first-order chi connectivity index (χ1) is 14.6. The second-order valence-corrected chi connectivity index (χ2v) is 7.56. The van der Waals surface area contributed by atoms with Gasteiger partial charge in [-0.05, 0) is 42.7 Å². The third kappa shape index (κ3) is 5.11. The zero-order valence-corrected chi connectivity index (χ0v) is 16.9. The van der Waals surface area contributed by atoms with Crippen molar-refractivity contribution in [2.75, 3.05) is 7.05 Å². The number of rotatable bonds is 8. The van der Waals surface area contributed by atoms with Gasteiger partial charge in [0.05, 0.1) is 0 Å². The molecule has 0 radical (unpaired) electrons. The molecule has 7 nitrogen and oxygen atoms in total. The fraction of sp³-hybridized carbons (Fsp3) is 0.304. The quantitative estimate of drug-likeness (QED) is 0.623. The smallest absolute Gasteiger partial charge is 0.251 e. The molecule has 3 aromatic rings. The van der Waals surface area contributed by atoms with Gasteiger partial charge in [0.1, 0.15) is 0 Å². The number of nitrogens with zero attached hydrogens (tertiary/aromatic N) is 3. The van der Waals surface area contributed by atoms with Gasteiger partial charge in [0.2, 0.25) is 17.7 Å². The third-order valence-electron chi connectivity index (χ3n) is 5.01. The van der Waals surface area contributed by atoms with Crippen molar-refractivity contribution in [1.82, 2.24) is 20.4 Å². The lowest BCUT2D eigenvalue weighted by molar-refractivity contribution is -0.130. The summed E-state index contributed by atoms with van der Waals surface area (Å²) in [6.07, 6.45) is 2.81. The maximum Gasteiger partial charge on any atom is 0.251 e. The van der Waals surface area contributed by atoms with E-state index < -0.39 is 0 Å². The van der Waals surface area contributed by atoms with Crippen molar-refractivity contribution in [1.29, 1.82) is 0 Å². The van der Waals surface area contributed by atoms with Gasteiger partial charge in [-0.25, -0.2) is 0 Å². The highest BCUT2D eigenvalue weighted by Gasteiger charge is 2.23. The van der Waals surface area contributed by atoms with Crippen LogP contribution in [0.4, 0.5) is 0 Å². The maximum atomic E-state index is 12.5. The molecule has 30 heavy (non-hydrogen) atoms. The normalized spacial score (nSPS) is 13.1. The molecule has 1 fully saturated rings. The summed E-state index contributed by atoms with van der Waals surface area (Å²) in [5.74, 6) is 0.853. The van der Waals surface area contributed by atoms with E-state index in [4.69, 9.17) is 4.42 Å². The summed E-state index contributed by atoms with van der Waals surface area (Å²) in [6.45, 7) is 0.475. The van der Waals surface area contributed by atoms with Crippen LogP contribution < -0.4 is 5.32 Å². The highest BCUT2D eigenvalue weighted by molar-refractivity contribution is 5.94. The molecule has 2 amide bonds. The fourth-order valence-electron chi connectivity index (χ4n) is 3.08. The topological polar surface area (TPSA) is 88.3 Å². The molecule has 0 bridgehead atoms. The number of hydrogen-bond donors (Lipinski definition) is 1. The molecule has 1 saturated carbocycles. The van der Waals surface area contributed by atoms with Crippen molar-refractivity contribution in [2.24, 2.45) is 0 Å². The summed E-state index contributed by atoms with van der Waals surface area (Å²) < 4.78 is 5.65. The number of nitrogens with one attached hydrogen (secondary N) is 1. The number of hydrogen-bond acceptors (Lipinski definition) is 5. The number of amides is 2. The Morgan fingerprint density at radius 3 is 2.50 bits per heavy atom. The lowest BCUT2D eigenvalue weighted by Gasteiger charge is -2.17. The Morgan fingerprint density at radius 1 is 1.07 bits per heavy atom. The van der Waals surface area contributed by atoms with Crippen LogP contribution in [0.25, 0.3) is 11.5 Å². The van der Waals surface area contributed by atoms with Crippen LogP contribution in [-0.2, 0) is 17.8 Å². The molecule has 0 saturated heterocycles. The number of aryl methyl sites for hydroxylation is 1. The van der Waals surface area contributed by atoms with Gasteiger partial charge in [-0.2, -0.15) is 0 Å². The van der Waals surface area contributed by atoms with E-state index >= 15 is 0 Å². The summed E-state index contributed by atoms with van der Waals surface area (Å²) in [7, 11) is 1.76. The van der Waals surface area contributed by atoms with E-state index in [1.54, 1.807) is 24.1 Å². The van der Waals surface area contributed by atoms with Crippen LogP contribution in [0, 0.1) is 0 Å². The second kappa shape index (κ2) is 8.90. The Balaban J connectivity index is 1.26. The van der Waals surface area contributed by atoms with Crippen LogP contribution in [-0.4, -0.2) is 40.0 Å². The van der Waals surface area contributed by atoms with Crippen LogP contribution >= 0.6 is 0 Å². The predicted molar refractivity (Wildman–Crippen MR) is 111 cm³/mol. The molecule has 0 spiro atoms. The Morgan fingerprint density at radius 2 is 1.80 bits per heavy atom. The molecule has 1 aromatic heterocycles. The van der Waals surface area contributed by atoms with Crippen molar-refractivity contribution >= 4 is 11.8 Å². The molecular formula is C23H24N4O3. The van der Waals surface area contributed by atoms with Gasteiger partial charge in [-0.15, -0.1) is 10.2 Å². The zero-order chi connectivity index (χ0) is 20.9. The molecule has 4 rings (SSSR count). The molecule has 1 aliphatic rings. The number of benzene rings is 2. The molecule has 1 heterocycles. The first-order valence-electron chi connectivity index (χ1n) is 10.1. The van der Waals surface area contributed by atoms with Crippen molar-refractivity contribution in [3.63, 3.8) is 0 Å². The Kier molecular flexibility index (Phi) is 5.88. The van der Waals surface area contributed by atoms with Crippen LogP contribution in [0.2, 0.25) is 0 Å². The monoisotopic (exact) mass is 404 g/mol. The van der Waals surface area contributed by atoms with Crippen molar-refractivity contribution in [3.8, 4) is 11.5 Å². The Hall–Kier alpha value is -3.48. The predicted octanol–water partition coefficient (Wildman–Crippen LogP) is 3.22. The van der Waals surface area contributed by atoms with E-state index in [-0.39, 0.29) is 18.2 Å². The summed E-state index contributed by atoms with van der Waals surface area (Å²) in [5, 5.41) is 11.1. The standard InChI is InChI=1S/C23H24N4O3/c1-27(15-16-7-9-17(10-8-16)22(29)24-19-11-12-19)21(28)14-13-20-25-26-23(30-20)18-5-3-2-4-6-18/h2-10,19H,11-15H2,1H3,(H,24,29). The van der Waals surface area contributed by atoms with Gasteiger partial charge in [0, 0.05) is 43.6 Å². The average molecular weight is 404 g/mol. The molecule has 2 aromatic carbocycles. The first kappa shape index (κ1) is 19.8. The number of carbonyl (C=O) groups is 2. The summed E-state index contributed by atoms with van der Waals surface area (Å²) in [4.78, 5) is 26.2. The molecule has 0 atom stereocenters. The molecule has 0 unspecified atom stereocenters. The Bertz CT molecular complexity index is 1010. The average Bonchev–Trinajstić information content (AvgIpc) is 3.46. The summed E-state index contributed by atoms with van der Waals surface area (Å²) >= 11 is 0. The summed E-state index contributed by atoms with van der Waals surface area (Å²) in [5.41, 5.74) is 2.47. The molecule has 154 valence electrons. The third-order valence-corrected chi connectivity index (χ3v) is 5.01. The van der Waals surface area contributed by atoms with Crippen molar-refractivity contribution in [2.45, 2.75) is 38.3 Å². The molecule has 1 N–H and O–H groups in total. The van der Waals surface area contributed by atoms with Gasteiger partial charge in [-0.3, -0.25) is 9.59 Å². The minimum absolute atomic E-state index is 0.00925. The van der Waals surface area contributed by atoms with Crippen molar-refractivity contribution < 1.29 is 14.0 Å². The van der Waals surface area contributed by atoms with Crippen LogP contribution in [0.15, 0.2) is 59.0 Å². The lowest BCUT2D eigenvalue weighted by Crippen LogP contribution is -2.27. The Labute approximate surface area is 175 Å². The van der Waals surface area contributed by atoms with Gasteiger partial charge < -0.3 is 14.6 Å². The van der Waals surface area contributed by atoms with E-state index in [0.717, 1.165) is 24.0 Å². The highest BCUT2D eigenvalue weighted by Crippen LogP contribution is 2.20. The van der Waals surface area contributed by atoms with Gasteiger partial charge in [0.25, 0.3) is 5.91 Å². The minimum Gasteiger partial charge on any atom is -0.421 e. The van der Waals surface area contributed by atoms with Gasteiger partial charge in [0.15, 0.2) is 0 Å². The van der Waals surface area contributed by atoms with Crippen LogP contribution in [0.3, 0.4) is 0 Å². The summed E-state index contributed by atoms with van der Waals surface area (Å²) in [6, 6.07) is 17.2. The second-order valence-electron chi connectivity index (χ2n) is 7.56. The van der Waals surface area contributed by atoms with E-state index in [1.165, 1.54) is 0 Å². The van der Waals surface area contributed by atoms with E-state index in [9.17, 15) is 9.59 Å². The SMILES string of the molecule is CN(Cc1ccc(C(=O)NC2CC2)cc1)C(=O)CCc1nnc(-c2ccccc2)o1. The van der Waals surface area contributed by atoms with Gasteiger partial charge >= 0.3 is 0 Å². The fourth-order valence-corrected chi connectivity index (χ4v) is 3.08. The number of carbonyl (C=O) groups excluding carboxylic acids is 2. The van der Waals surface area contributed by atoms with Crippen LogP contribution in [0.5, 0.6) is 0 Å².